The number of esters is 1. The van der Waals surface area contributed by atoms with Crippen molar-refractivity contribution in [3.05, 3.63) is 53.2 Å². The summed E-state index contributed by atoms with van der Waals surface area (Å²) in [6.07, 6.45) is 0. The summed E-state index contributed by atoms with van der Waals surface area (Å²) in [4.78, 5) is 18.0. The molecule has 0 saturated heterocycles. The van der Waals surface area contributed by atoms with Crippen molar-refractivity contribution < 1.29 is 28.5 Å². The quantitative estimate of drug-likeness (QED) is 0.409. The first kappa shape index (κ1) is 22.5. The molecule has 9 nitrogen and oxygen atoms in total. The van der Waals surface area contributed by atoms with Crippen LogP contribution in [0.25, 0.3) is 11.0 Å². The Hall–Kier alpha value is -3.72. The minimum atomic E-state index is -0.585. The SMILES string of the molecule is COCCOC(=O)C1=C(C)Nc2nc3ccccc3n2[C@@H]1c1cc(OC)c(OC)cc1OC. The van der Waals surface area contributed by atoms with Crippen LogP contribution in [0, 0.1) is 0 Å². The molecule has 0 unspecified atom stereocenters. The molecule has 0 aliphatic carbocycles. The van der Waals surface area contributed by atoms with Crippen molar-refractivity contribution in [3.8, 4) is 17.2 Å². The summed E-state index contributed by atoms with van der Waals surface area (Å²) < 4.78 is 29.3. The molecule has 0 spiro atoms. The van der Waals surface area contributed by atoms with Crippen LogP contribution >= 0.6 is 0 Å². The van der Waals surface area contributed by atoms with E-state index in [-0.39, 0.29) is 6.61 Å². The maximum absolute atomic E-state index is 13.3. The Labute approximate surface area is 191 Å². The van der Waals surface area contributed by atoms with Crippen LogP contribution in [0.4, 0.5) is 5.95 Å². The average Bonchev–Trinajstić information content (AvgIpc) is 3.20. The van der Waals surface area contributed by atoms with Gasteiger partial charge in [0.25, 0.3) is 0 Å². The first-order chi connectivity index (χ1) is 16.0. The van der Waals surface area contributed by atoms with E-state index in [2.05, 4.69) is 5.32 Å². The van der Waals surface area contributed by atoms with Crippen molar-refractivity contribution in [2.24, 2.45) is 0 Å². The summed E-state index contributed by atoms with van der Waals surface area (Å²) in [5, 5.41) is 3.26. The van der Waals surface area contributed by atoms with Crippen molar-refractivity contribution in [2.75, 3.05) is 47.0 Å². The number of benzene rings is 2. The molecule has 1 aliphatic heterocycles. The monoisotopic (exact) mass is 453 g/mol. The van der Waals surface area contributed by atoms with E-state index < -0.39 is 12.0 Å². The molecule has 174 valence electrons. The summed E-state index contributed by atoms with van der Waals surface area (Å²) in [7, 11) is 6.26. The third kappa shape index (κ3) is 3.95. The third-order valence-electron chi connectivity index (χ3n) is 5.60. The summed E-state index contributed by atoms with van der Waals surface area (Å²) >= 11 is 0. The van der Waals surface area contributed by atoms with Crippen LogP contribution < -0.4 is 19.5 Å². The molecule has 0 amide bonds. The molecule has 2 aromatic carbocycles. The number of fused-ring (bicyclic) bond motifs is 3. The lowest BCUT2D eigenvalue weighted by Gasteiger charge is -2.31. The number of allylic oxidation sites excluding steroid dienone is 1. The molecule has 9 heteroatoms. The van der Waals surface area contributed by atoms with E-state index in [1.807, 2.05) is 41.8 Å². The minimum Gasteiger partial charge on any atom is -0.496 e. The first-order valence-corrected chi connectivity index (χ1v) is 10.4. The van der Waals surface area contributed by atoms with E-state index in [9.17, 15) is 4.79 Å². The first-order valence-electron chi connectivity index (χ1n) is 10.4. The van der Waals surface area contributed by atoms with Gasteiger partial charge in [-0.05, 0) is 25.1 Å². The normalized spacial score (nSPS) is 15.1. The number of aromatic nitrogens is 2. The number of hydrogen-bond acceptors (Lipinski definition) is 8. The number of nitrogens with one attached hydrogen (secondary N) is 1. The fourth-order valence-corrected chi connectivity index (χ4v) is 4.08. The largest absolute Gasteiger partial charge is 0.496 e. The number of hydrogen-bond donors (Lipinski definition) is 1. The van der Waals surface area contributed by atoms with E-state index in [1.54, 1.807) is 34.5 Å². The van der Waals surface area contributed by atoms with E-state index in [0.29, 0.717) is 46.6 Å². The Balaban J connectivity index is 1.96. The summed E-state index contributed by atoms with van der Waals surface area (Å²) in [6.45, 7) is 2.27. The summed E-state index contributed by atoms with van der Waals surface area (Å²) in [5.41, 5.74) is 3.44. The van der Waals surface area contributed by atoms with Gasteiger partial charge in [0.2, 0.25) is 5.95 Å². The smallest absolute Gasteiger partial charge is 0.338 e. The number of carbonyl (C=O) groups excluding carboxylic acids is 1. The Morgan fingerprint density at radius 3 is 2.39 bits per heavy atom. The van der Waals surface area contributed by atoms with Crippen LogP contribution in [0.1, 0.15) is 18.5 Å². The van der Waals surface area contributed by atoms with Gasteiger partial charge in [-0.2, -0.15) is 0 Å². The molecule has 1 atom stereocenters. The van der Waals surface area contributed by atoms with E-state index in [0.717, 1.165) is 11.0 Å². The second-order valence-electron chi connectivity index (χ2n) is 7.44. The highest BCUT2D eigenvalue weighted by Gasteiger charge is 2.37. The van der Waals surface area contributed by atoms with Gasteiger partial charge in [0.1, 0.15) is 12.4 Å². The fourth-order valence-electron chi connectivity index (χ4n) is 4.08. The number of nitrogens with zero attached hydrogens (tertiary/aromatic N) is 2. The Bertz CT molecular complexity index is 1220. The van der Waals surface area contributed by atoms with Gasteiger partial charge in [-0.1, -0.05) is 12.1 Å². The van der Waals surface area contributed by atoms with Gasteiger partial charge in [-0.3, -0.25) is 4.57 Å². The topological polar surface area (TPSA) is 93.1 Å². The van der Waals surface area contributed by atoms with Crippen LogP contribution in [-0.2, 0) is 14.3 Å². The van der Waals surface area contributed by atoms with Crippen LogP contribution in [-0.4, -0.2) is 57.2 Å². The van der Waals surface area contributed by atoms with Crippen molar-refractivity contribution in [1.29, 1.82) is 0 Å². The van der Waals surface area contributed by atoms with E-state index in [1.165, 1.54) is 0 Å². The van der Waals surface area contributed by atoms with Crippen molar-refractivity contribution in [1.82, 2.24) is 9.55 Å². The van der Waals surface area contributed by atoms with Crippen LogP contribution in [0.5, 0.6) is 17.2 Å². The van der Waals surface area contributed by atoms with Gasteiger partial charge < -0.3 is 29.0 Å². The molecule has 1 aliphatic rings. The highest BCUT2D eigenvalue weighted by Crippen LogP contribution is 2.45. The molecule has 4 rings (SSSR count). The number of anilines is 1. The zero-order valence-electron chi connectivity index (χ0n) is 19.3. The number of imidazole rings is 1. The average molecular weight is 453 g/mol. The molecule has 0 radical (unpaired) electrons. The number of methoxy groups -OCH3 is 4. The molecule has 0 saturated carbocycles. The van der Waals surface area contributed by atoms with Crippen molar-refractivity contribution in [3.63, 3.8) is 0 Å². The fraction of sp³-hybridized carbons (Fsp3) is 0.333. The number of rotatable bonds is 8. The lowest BCUT2D eigenvalue weighted by atomic mass is 9.93. The van der Waals surface area contributed by atoms with E-state index >= 15 is 0 Å². The number of carbonyl (C=O) groups is 1. The maximum Gasteiger partial charge on any atom is 0.338 e. The van der Waals surface area contributed by atoms with Gasteiger partial charge in [-0.15, -0.1) is 0 Å². The van der Waals surface area contributed by atoms with Crippen LogP contribution in [0.15, 0.2) is 47.7 Å². The number of para-hydroxylation sites is 2. The van der Waals surface area contributed by atoms with Crippen LogP contribution in [0.3, 0.4) is 0 Å². The minimum absolute atomic E-state index is 0.138. The predicted octanol–water partition coefficient (Wildman–Crippen LogP) is 3.54. The highest BCUT2D eigenvalue weighted by atomic mass is 16.6. The Kier molecular flexibility index (Phi) is 6.41. The van der Waals surface area contributed by atoms with Gasteiger partial charge in [0, 0.05) is 24.4 Å². The van der Waals surface area contributed by atoms with Gasteiger partial charge in [0.15, 0.2) is 11.5 Å². The summed E-state index contributed by atoms with van der Waals surface area (Å²) in [5.74, 6) is 1.74. The van der Waals surface area contributed by atoms with Crippen molar-refractivity contribution in [2.45, 2.75) is 13.0 Å². The molecule has 1 N–H and O–H groups in total. The maximum atomic E-state index is 13.3. The molecule has 0 fully saturated rings. The molecule has 0 bridgehead atoms. The lowest BCUT2D eigenvalue weighted by molar-refractivity contribution is -0.140. The molecular weight excluding hydrogens is 426 g/mol. The second kappa shape index (κ2) is 9.41. The standard InChI is InChI=1S/C24H27N3O6/c1-14-21(23(28)33-11-10-29-2)22(15-12-19(31-4)20(32-5)13-18(15)30-3)27-17-9-7-6-8-16(17)26-24(27)25-14/h6-9,12-13,22H,10-11H2,1-5H3,(H,25,26)/t22-/m1/s1. The Morgan fingerprint density at radius 2 is 1.70 bits per heavy atom. The van der Waals surface area contributed by atoms with Gasteiger partial charge in [0.05, 0.1) is 50.6 Å². The van der Waals surface area contributed by atoms with Gasteiger partial charge in [-0.25, -0.2) is 9.78 Å². The third-order valence-corrected chi connectivity index (χ3v) is 5.60. The highest BCUT2D eigenvalue weighted by molar-refractivity contribution is 5.94. The second-order valence-corrected chi connectivity index (χ2v) is 7.44. The Morgan fingerprint density at radius 1 is 1.00 bits per heavy atom. The molecule has 3 aromatic rings. The van der Waals surface area contributed by atoms with E-state index in [4.69, 9.17) is 28.7 Å². The molecule has 1 aromatic heterocycles. The molecule has 33 heavy (non-hydrogen) atoms. The van der Waals surface area contributed by atoms with Gasteiger partial charge >= 0.3 is 5.97 Å². The zero-order chi connectivity index (χ0) is 23.5. The van der Waals surface area contributed by atoms with Crippen LogP contribution in [0.2, 0.25) is 0 Å². The number of ether oxygens (including phenoxy) is 5. The predicted molar refractivity (Wildman–Crippen MR) is 123 cm³/mol. The molecule has 2 heterocycles. The van der Waals surface area contributed by atoms with Crippen molar-refractivity contribution >= 4 is 23.0 Å². The molecular formula is C24H27N3O6. The zero-order valence-corrected chi connectivity index (χ0v) is 19.3. The summed E-state index contributed by atoms with van der Waals surface area (Å²) in [6, 6.07) is 10.7. The lowest BCUT2D eigenvalue weighted by Crippen LogP contribution is -2.29.